The van der Waals surface area contributed by atoms with Crippen LogP contribution in [0.1, 0.15) is 11.1 Å². The summed E-state index contributed by atoms with van der Waals surface area (Å²) >= 11 is 0. The van der Waals surface area contributed by atoms with Gasteiger partial charge in [0.15, 0.2) is 18.1 Å². The number of ether oxygens (including phenoxy) is 4. The smallest absolute Gasteiger partial charge is 0.310 e. The first-order valence-electron chi connectivity index (χ1n) is 8.82. The summed E-state index contributed by atoms with van der Waals surface area (Å²) in [6, 6.07) is 13.2. The number of carbonyl (C=O) groups excluding carboxylic acids is 2. The molecule has 150 valence electrons. The fourth-order valence-electron chi connectivity index (χ4n) is 2.64. The van der Waals surface area contributed by atoms with Gasteiger partial charge in [-0.2, -0.15) is 0 Å². The lowest BCUT2D eigenvalue weighted by Gasteiger charge is -2.14. The van der Waals surface area contributed by atoms with Gasteiger partial charge in [0, 0.05) is 6.54 Å². The molecule has 0 saturated carbocycles. The van der Waals surface area contributed by atoms with E-state index in [-0.39, 0.29) is 18.9 Å². The predicted octanol–water partition coefficient (Wildman–Crippen LogP) is 2.16. The molecule has 0 saturated heterocycles. The number of hydrogen-bond donors (Lipinski definition) is 1. The van der Waals surface area contributed by atoms with Crippen molar-refractivity contribution < 1.29 is 28.5 Å². The first-order chi connectivity index (χ1) is 13.6. The van der Waals surface area contributed by atoms with E-state index < -0.39 is 5.97 Å². The molecule has 0 heterocycles. The van der Waals surface area contributed by atoms with E-state index in [1.807, 2.05) is 30.3 Å². The summed E-state index contributed by atoms with van der Waals surface area (Å²) in [5.41, 5.74) is 1.76. The zero-order valence-electron chi connectivity index (χ0n) is 16.3. The third kappa shape index (κ3) is 6.19. The zero-order valence-corrected chi connectivity index (χ0v) is 16.3. The molecule has 1 amide bonds. The van der Waals surface area contributed by atoms with E-state index in [2.05, 4.69) is 5.32 Å². The summed E-state index contributed by atoms with van der Waals surface area (Å²) in [4.78, 5) is 23.9. The minimum Gasteiger partial charge on any atom is -0.493 e. The van der Waals surface area contributed by atoms with Gasteiger partial charge in [-0.15, -0.1) is 0 Å². The first kappa shape index (κ1) is 21.1. The molecule has 0 spiro atoms. The highest BCUT2D eigenvalue weighted by Crippen LogP contribution is 2.38. The Morgan fingerprint density at radius 2 is 1.54 bits per heavy atom. The SMILES string of the molecule is COc1cc(CC(=O)OCC(=O)NCCc2ccccc2)cc(OC)c1OC. The number of nitrogens with one attached hydrogen (secondary N) is 1. The molecule has 0 radical (unpaired) electrons. The van der Waals surface area contributed by atoms with Crippen LogP contribution in [0.25, 0.3) is 0 Å². The van der Waals surface area contributed by atoms with E-state index in [4.69, 9.17) is 18.9 Å². The van der Waals surface area contributed by atoms with Gasteiger partial charge in [0.05, 0.1) is 27.8 Å². The Bertz CT molecular complexity index is 766. The van der Waals surface area contributed by atoms with Crippen molar-refractivity contribution in [1.82, 2.24) is 5.32 Å². The van der Waals surface area contributed by atoms with Gasteiger partial charge in [0.25, 0.3) is 5.91 Å². The Labute approximate surface area is 164 Å². The summed E-state index contributed by atoms with van der Waals surface area (Å²) in [6.45, 7) is 0.158. The fraction of sp³-hybridized carbons (Fsp3) is 0.333. The summed E-state index contributed by atoms with van der Waals surface area (Å²) in [6.07, 6.45) is 0.694. The van der Waals surface area contributed by atoms with Gasteiger partial charge in [-0.25, -0.2) is 0 Å². The van der Waals surface area contributed by atoms with Gasteiger partial charge in [-0.3, -0.25) is 9.59 Å². The van der Waals surface area contributed by atoms with Crippen LogP contribution in [-0.4, -0.2) is 46.4 Å². The Hall–Kier alpha value is -3.22. The highest BCUT2D eigenvalue weighted by atomic mass is 16.5. The molecule has 2 rings (SSSR count). The number of hydrogen-bond acceptors (Lipinski definition) is 6. The van der Waals surface area contributed by atoms with Crippen LogP contribution in [0.3, 0.4) is 0 Å². The molecule has 28 heavy (non-hydrogen) atoms. The molecule has 7 heteroatoms. The van der Waals surface area contributed by atoms with Gasteiger partial charge < -0.3 is 24.3 Å². The topological polar surface area (TPSA) is 83.1 Å². The summed E-state index contributed by atoms with van der Waals surface area (Å²) < 4.78 is 20.8. The molecular weight excluding hydrogens is 362 g/mol. The van der Waals surface area contributed by atoms with Crippen LogP contribution in [-0.2, 0) is 27.2 Å². The maximum absolute atomic E-state index is 12.1. The van der Waals surface area contributed by atoms with Gasteiger partial charge in [0.2, 0.25) is 5.75 Å². The summed E-state index contributed by atoms with van der Waals surface area (Å²) in [7, 11) is 4.50. The van der Waals surface area contributed by atoms with Crippen LogP contribution in [0, 0.1) is 0 Å². The zero-order chi connectivity index (χ0) is 20.4. The summed E-state index contributed by atoms with van der Waals surface area (Å²) in [5.74, 6) is 0.480. The van der Waals surface area contributed by atoms with Crippen molar-refractivity contribution in [2.24, 2.45) is 0 Å². The van der Waals surface area contributed by atoms with Crippen molar-refractivity contribution in [2.75, 3.05) is 34.5 Å². The normalized spacial score (nSPS) is 10.1. The van der Waals surface area contributed by atoms with Crippen molar-refractivity contribution in [2.45, 2.75) is 12.8 Å². The molecule has 0 aliphatic carbocycles. The molecular formula is C21H25NO6. The van der Waals surface area contributed by atoms with Crippen molar-refractivity contribution in [3.05, 3.63) is 53.6 Å². The second-order valence-electron chi connectivity index (χ2n) is 5.96. The molecule has 2 aromatic carbocycles. The van der Waals surface area contributed by atoms with Crippen molar-refractivity contribution in [3.63, 3.8) is 0 Å². The standard InChI is InChI=1S/C21H25NO6/c1-25-17-11-16(12-18(26-2)21(17)27-3)13-20(24)28-14-19(23)22-10-9-15-7-5-4-6-8-15/h4-8,11-12H,9-10,13-14H2,1-3H3,(H,22,23). The minimum atomic E-state index is -0.521. The van der Waals surface area contributed by atoms with Crippen molar-refractivity contribution in [1.29, 1.82) is 0 Å². The second kappa shape index (κ2) is 10.8. The van der Waals surface area contributed by atoms with E-state index in [0.29, 0.717) is 35.8 Å². The lowest BCUT2D eigenvalue weighted by atomic mass is 10.1. The third-order valence-electron chi connectivity index (χ3n) is 4.02. The molecule has 0 aliphatic rings. The number of amides is 1. The highest BCUT2D eigenvalue weighted by Gasteiger charge is 2.16. The Kier molecular flexibility index (Phi) is 8.14. The Balaban J connectivity index is 1.81. The lowest BCUT2D eigenvalue weighted by molar-refractivity contribution is -0.147. The molecule has 0 bridgehead atoms. The van der Waals surface area contributed by atoms with Gasteiger partial charge in [-0.05, 0) is 29.7 Å². The number of benzene rings is 2. The molecule has 1 N–H and O–H groups in total. The second-order valence-corrected chi connectivity index (χ2v) is 5.96. The minimum absolute atomic E-state index is 0.0198. The molecule has 0 unspecified atom stereocenters. The van der Waals surface area contributed by atoms with E-state index in [9.17, 15) is 9.59 Å². The maximum Gasteiger partial charge on any atom is 0.310 e. The Morgan fingerprint density at radius 3 is 2.11 bits per heavy atom. The van der Waals surface area contributed by atoms with Gasteiger partial charge in [0.1, 0.15) is 0 Å². The highest BCUT2D eigenvalue weighted by molar-refractivity contribution is 5.81. The number of carbonyl (C=O) groups is 2. The summed E-state index contributed by atoms with van der Waals surface area (Å²) in [5, 5.41) is 2.73. The van der Waals surface area contributed by atoms with Gasteiger partial charge >= 0.3 is 5.97 Å². The third-order valence-corrected chi connectivity index (χ3v) is 4.02. The fourth-order valence-corrected chi connectivity index (χ4v) is 2.64. The van der Waals surface area contributed by atoms with Crippen LogP contribution < -0.4 is 19.5 Å². The molecule has 0 aromatic heterocycles. The molecule has 0 aliphatic heterocycles. The van der Waals surface area contributed by atoms with E-state index >= 15 is 0 Å². The maximum atomic E-state index is 12.1. The molecule has 2 aromatic rings. The average Bonchev–Trinajstić information content (AvgIpc) is 2.72. The number of esters is 1. The molecule has 0 fully saturated rings. The van der Waals surface area contributed by atoms with E-state index in [1.54, 1.807) is 12.1 Å². The van der Waals surface area contributed by atoms with E-state index in [0.717, 1.165) is 5.56 Å². The first-order valence-corrected chi connectivity index (χ1v) is 8.82. The van der Waals surface area contributed by atoms with Crippen LogP contribution in [0.2, 0.25) is 0 Å². The average molecular weight is 387 g/mol. The quantitative estimate of drug-likeness (QED) is 0.629. The van der Waals surface area contributed by atoms with Crippen molar-refractivity contribution in [3.8, 4) is 17.2 Å². The number of methoxy groups -OCH3 is 3. The van der Waals surface area contributed by atoms with Crippen LogP contribution in [0.5, 0.6) is 17.2 Å². The van der Waals surface area contributed by atoms with Gasteiger partial charge in [-0.1, -0.05) is 30.3 Å². The van der Waals surface area contributed by atoms with Crippen LogP contribution in [0.4, 0.5) is 0 Å². The van der Waals surface area contributed by atoms with Crippen molar-refractivity contribution >= 4 is 11.9 Å². The number of rotatable bonds is 10. The largest absolute Gasteiger partial charge is 0.493 e. The monoisotopic (exact) mass is 387 g/mol. The van der Waals surface area contributed by atoms with E-state index in [1.165, 1.54) is 21.3 Å². The predicted molar refractivity (Wildman–Crippen MR) is 104 cm³/mol. The Morgan fingerprint density at radius 1 is 0.893 bits per heavy atom. The van der Waals surface area contributed by atoms with Crippen LogP contribution in [0.15, 0.2) is 42.5 Å². The molecule has 0 atom stereocenters. The molecule has 7 nitrogen and oxygen atoms in total. The van der Waals surface area contributed by atoms with Crippen LogP contribution >= 0.6 is 0 Å². The lowest BCUT2D eigenvalue weighted by Crippen LogP contribution is -2.30.